The number of quaternary nitrogens is 1. The van der Waals surface area contributed by atoms with E-state index < -0.39 is 5.97 Å². The third-order valence-electron chi connectivity index (χ3n) is 8.24. The summed E-state index contributed by atoms with van der Waals surface area (Å²) in [5, 5.41) is 19.0. The number of carboxylic acids is 1. The van der Waals surface area contributed by atoms with Crippen LogP contribution in [0, 0.1) is 0 Å². The lowest BCUT2D eigenvalue weighted by molar-refractivity contribution is -0.947. The zero-order chi connectivity index (χ0) is 28.1. The van der Waals surface area contributed by atoms with Gasteiger partial charge in [-0.15, -0.1) is 0 Å². The first kappa shape index (κ1) is 33.7. The molecule has 0 fully saturated rings. The van der Waals surface area contributed by atoms with Crippen LogP contribution in [-0.2, 0) is 6.42 Å². The lowest BCUT2D eigenvalue weighted by Gasteiger charge is -2.43. The van der Waals surface area contributed by atoms with E-state index in [1.807, 2.05) is 0 Å². The first-order valence-corrected chi connectivity index (χ1v) is 15.3. The van der Waals surface area contributed by atoms with Crippen LogP contribution in [0.1, 0.15) is 121 Å². The Bertz CT molecular complexity index is 840. The van der Waals surface area contributed by atoms with E-state index in [2.05, 4.69) is 58.0 Å². The molecule has 0 aliphatic rings. The Kier molecular flexibility index (Phi) is 18.3. The van der Waals surface area contributed by atoms with E-state index in [0.717, 1.165) is 6.04 Å². The van der Waals surface area contributed by atoms with Crippen LogP contribution in [0.5, 0.6) is 5.75 Å². The highest BCUT2D eigenvalue weighted by Gasteiger charge is 2.31. The molecule has 38 heavy (non-hydrogen) atoms. The van der Waals surface area contributed by atoms with Crippen LogP contribution in [0.25, 0.3) is 0 Å². The molecular weight excluding hydrogens is 470 g/mol. The molecule has 0 aliphatic heterocycles. The van der Waals surface area contributed by atoms with Crippen molar-refractivity contribution in [3.05, 3.63) is 65.7 Å². The van der Waals surface area contributed by atoms with Crippen LogP contribution in [0.4, 0.5) is 0 Å². The smallest absolute Gasteiger partial charge is 0.124 e. The molecule has 0 aliphatic carbocycles. The molecule has 214 valence electrons. The summed E-state index contributed by atoms with van der Waals surface area (Å²) in [5.41, 5.74) is 1.34. The topological polar surface area (TPSA) is 60.4 Å². The van der Waals surface area contributed by atoms with Gasteiger partial charge in [-0.3, -0.25) is 0 Å². The molecule has 2 aromatic rings. The molecule has 1 unspecified atom stereocenters. The minimum absolute atomic E-state index is 0.178. The average molecular weight is 526 g/mol. The van der Waals surface area contributed by atoms with Crippen molar-refractivity contribution in [2.24, 2.45) is 0 Å². The lowest BCUT2D eigenvalue weighted by atomic mass is 9.95. The van der Waals surface area contributed by atoms with Gasteiger partial charge in [0.2, 0.25) is 0 Å². The van der Waals surface area contributed by atoms with E-state index in [9.17, 15) is 9.90 Å². The number of hydrogen-bond acceptors (Lipinski definition) is 3. The van der Waals surface area contributed by atoms with Gasteiger partial charge in [-0.05, 0) is 51.3 Å². The molecule has 2 rings (SSSR count). The molecule has 0 radical (unpaired) electrons. The Balaban J connectivity index is 0.000000600. The van der Waals surface area contributed by atoms with Gasteiger partial charge in [0.15, 0.2) is 0 Å². The predicted octanol–water partition coefficient (Wildman–Crippen LogP) is 7.93. The Morgan fingerprint density at radius 1 is 0.711 bits per heavy atom. The average Bonchev–Trinajstić information content (AvgIpc) is 2.94. The van der Waals surface area contributed by atoms with E-state index in [-0.39, 0.29) is 11.3 Å². The van der Waals surface area contributed by atoms with Gasteiger partial charge in [-0.25, -0.2) is 0 Å². The second-order valence-corrected chi connectivity index (χ2v) is 10.6. The van der Waals surface area contributed by atoms with Crippen molar-refractivity contribution in [1.29, 1.82) is 0 Å². The number of carbonyl (C=O) groups excluding carboxylic acids is 1. The van der Waals surface area contributed by atoms with Crippen molar-refractivity contribution in [1.82, 2.24) is 0 Å². The number of rotatable bonds is 19. The number of aromatic hydroxyl groups is 1. The van der Waals surface area contributed by atoms with Gasteiger partial charge in [0.05, 0.1) is 31.6 Å². The summed E-state index contributed by atoms with van der Waals surface area (Å²) in [5.74, 6) is -1.62. The monoisotopic (exact) mass is 525 g/mol. The minimum Gasteiger partial charge on any atom is -0.545 e. The third-order valence-corrected chi connectivity index (χ3v) is 8.24. The zero-order valence-electron chi connectivity index (χ0n) is 24.8. The van der Waals surface area contributed by atoms with Crippen molar-refractivity contribution >= 4 is 5.97 Å². The molecule has 0 aromatic heterocycles. The molecular formula is C34H55NO3. The number of nitrogens with zero attached hydrogens (tertiary/aromatic N) is 1. The van der Waals surface area contributed by atoms with Crippen LogP contribution in [0.15, 0.2) is 54.6 Å². The molecule has 4 heteroatoms. The summed E-state index contributed by atoms with van der Waals surface area (Å²) in [6.07, 6.45) is 18.4. The molecule has 1 atom stereocenters. The number of unbranched alkanes of at least 4 members (excludes halogenated alkanes) is 10. The largest absolute Gasteiger partial charge is 0.545 e. The number of carbonyl (C=O) groups is 1. The Morgan fingerprint density at radius 3 is 1.63 bits per heavy atom. The Labute approximate surface area is 233 Å². The van der Waals surface area contributed by atoms with E-state index >= 15 is 0 Å². The highest BCUT2D eigenvalue weighted by atomic mass is 16.4. The highest BCUT2D eigenvalue weighted by Crippen LogP contribution is 2.24. The summed E-state index contributed by atoms with van der Waals surface area (Å²) >= 11 is 0. The number of likely N-dealkylation sites (N-methyl/N-ethyl adjacent to an activating group) is 1. The van der Waals surface area contributed by atoms with Crippen molar-refractivity contribution in [2.45, 2.75) is 117 Å². The molecule has 0 saturated heterocycles. The predicted molar refractivity (Wildman–Crippen MR) is 159 cm³/mol. The SMILES string of the molecule is CCCCCCCCCCCCCC(Cc1ccccc1)[N+](CC)(CC)CC.O=C([O-])c1ccccc1O. The summed E-state index contributed by atoms with van der Waals surface area (Å²) in [7, 11) is 0. The Morgan fingerprint density at radius 2 is 1.18 bits per heavy atom. The van der Waals surface area contributed by atoms with Crippen LogP contribution < -0.4 is 5.11 Å². The maximum absolute atomic E-state index is 10.2. The van der Waals surface area contributed by atoms with Crippen molar-refractivity contribution in [3.63, 3.8) is 0 Å². The number of phenols is 1. The quantitative estimate of drug-likeness (QED) is 0.150. The number of carboxylic acid groups (broad SMARTS) is 1. The standard InChI is InChI=1S/C27H50N.C7H6O3/c1-5-9-10-11-12-13-14-15-16-17-21-24-27(28(6-2,7-3)8-4)25-26-22-19-18-20-23-26;8-6-4-2-1-3-5(6)7(9)10/h18-20,22-23,27H,5-17,21,24-25H2,1-4H3;1-4,8H,(H,9,10)/q+1;/p-1. The first-order valence-electron chi connectivity index (χ1n) is 15.3. The molecule has 0 heterocycles. The van der Waals surface area contributed by atoms with Gasteiger partial charge in [0, 0.05) is 12.0 Å². The number of hydrogen-bond donors (Lipinski definition) is 1. The van der Waals surface area contributed by atoms with Gasteiger partial charge < -0.3 is 19.5 Å². The van der Waals surface area contributed by atoms with Crippen LogP contribution >= 0.6 is 0 Å². The molecule has 4 nitrogen and oxygen atoms in total. The fraction of sp³-hybridized carbons (Fsp3) is 0.618. The summed E-state index contributed by atoms with van der Waals surface area (Å²) < 4.78 is 1.28. The molecule has 0 spiro atoms. The van der Waals surface area contributed by atoms with Crippen LogP contribution in [0.3, 0.4) is 0 Å². The normalized spacial score (nSPS) is 12.0. The number of aromatic carboxylic acids is 1. The fourth-order valence-corrected chi connectivity index (χ4v) is 5.59. The van der Waals surface area contributed by atoms with E-state index in [1.165, 1.54) is 131 Å². The summed E-state index contributed by atoms with van der Waals surface area (Å²) in [6, 6.07) is 17.6. The lowest BCUT2D eigenvalue weighted by Crippen LogP contribution is -2.56. The van der Waals surface area contributed by atoms with Crippen molar-refractivity contribution < 1.29 is 19.5 Å². The van der Waals surface area contributed by atoms with E-state index in [4.69, 9.17) is 5.11 Å². The van der Waals surface area contributed by atoms with Gasteiger partial charge in [-0.1, -0.05) is 114 Å². The van der Waals surface area contributed by atoms with Crippen LogP contribution in [-0.4, -0.2) is 41.2 Å². The second kappa shape index (κ2) is 20.6. The summed E-state index contributed by atoms with van der Waals surface area (Å²) in [6.45, 7) is 13.3. The Hall–Kier alpha value is -2.33. The van der Waals surface area contributed by atoms with Gasteiger partial charge in [0.25, 0.3) is 0 Å². The zero-order valence-corrected chi connectivity index (χ0v) is 24.8. The molecule has 0 amide bonds. The van der Waals surface area contributed by atoms with Crippen molar-refractivity contribution in [2.75, 3.05) is 19.6 Å². The van der Waals surface area contributed by atoms with E-state index in [0.29, 0.717) is 0 Å². The number of para-hydroxylation sites is 1. The third kappa shape index (κ3) is 13.0. The highest BCUT2D eigenvalue weighted by molar-refractivity contribution is 5.88. The van der Waals surface area contributed by atoms with Crippen molar-refractivity contribution in [3.8, 4) is 5.75 Å². The molecule has 0 saturated carbocycles. The molecule has 1 N–H and O–H groups in total. The number of benzene rings is 2. The maximum atomic E-state index is 10.2. The molecule has 2 aromatic carbocycles. The van der Waals surface area contributed by atoms with Gasteiger partial charge in [0.1, 0.15) is 5.75 Å². The first-order chi connectivity index (χ1) is 18.4. The summed E-state index contributed by atoms with van der Waals surface area (Å²) in [4.78, 5) is 10.2. The van der Waals surface area contributed by atoms with Crippen LogP contribution in [0.2, 0.25) is 0 Å². The minimum atomic E-state index is -1.36. The molecule has 0 bridgehead atoms. The van der Waals surface area contributed by atoms with Gasteiger partial charge in [-0.2, -0.15) is 0 Å². The fourth-order valence-electron chi connectivity index (χ4n) is 5.59. The van der Waals surface area contributed by atoms with Gasteiger partial charge >= 0.3 is 0 Å². The maximum Gasteiger partial charge on any atom is 0.124 e. The second-order valence-electron chi connectivity index (χ2n) is 10.6. The van der Waals surface area contributed by atoms with E-state index in [1.54, 1.807) is 6.07 Å².